The van der Waals surface area contributed by atoms with Gasteiger partial charge in [-0.3, -0.25) is 9.69 Å². The van der Waals surface area contributed by atoms with E-state index in [0.29, 0.717) is 33.0 Å². The van der Waals surface area contributed by atoms with Crippen molar-refractivity contribution in [1.29, 1.82) is 0 Å². The number of tetrazole rings is 1. The van der Waals surface area contributed by atoms with E-state index in [1.54, 1.807) is 25.4 Å². The highest BCUT2D eigenvalue weighted by molar-refractivity contribution is 8.02. The van der Waals surface area contributed by atoms with E-state index in [0.717, 1.165) is 11.9 Å². The Hall–Kier alpha value is -2.38. The van der Waals surface area contributed by atoms with E-state index in [9.17, 15) is 14.7 Å². The summed E-state index contributed by atoms with van der Waals surface area (Å²) in [6, 6.07) is 5.43. The fraction of sp³-hybridized carbons (Fsp3) is 0.267. The van der Waals surface area contributed by atoms with Crippen molar-refractivity contribution in [3.63, 3.8) is 0 Å². The zero-order chi connectivity index (χ0) is 19.7. The molecule has 0 bridgehead atoms. The predicted octanol–water partition coefficient (Wildman–Crippen LogP) is 1.10. The first kappa shape index (κ1) is 19.0. The van der Waals surface area contributed by atoms with Gasteiger partial charge in [0.2, 0.25) is 5.16 Å². The molecular weight excluding hydrogens is 422 g/mol. The number of thioether (sulfide) groups is 2. The maximum Gasteiger partial charge on any atom is 0.352 e. The van der Waals surface area contributed by atoms with Crippen LogP contribution in [0.1, 0.15) is 0 Å². The number of pyridine rings is 1. The Kier molecular flexibility index (Phi) is 5.37. The quantitative estimate of drug-likeness (QED) is 0.400. The summed E-state index contributed by atoms with van der Waals surface area (Å²) < 4.78 is 5.80. The zero-order valence-corrected chi connectivity index (χ0v) is 16.9. The second kappa shape index (κ2) is 7.93. The third-order valence-corrected chi connectivity index (χ3v) is 7.01. The second-order valence-electron chi connectivity index (χ2n) is 5.71. The van der Waals surface area contributed by atoms with Gasteiger partial charge in [0.05, 0.1) is 0 Å². The van der Waals surface area contributed by atoms with Crippen LogP contribution in [0.4, 0.5) is 0 Å². The van der Waals surface area contributed by atoms with E-state index in [2.05, 4.69) is 24.9 Å². The molecule has 1 fully saturated rings. The lowest BCUT2D eigenvalue weighted by atomic mass is 10.1. The molecule has 0 radical (unpaired) electrons. The molecular formula is C15H13N7O3S3. The molecule has 0 aliphatic carbocycles. The summed E-state index contributed by atoms with van der Waals surface area (Å²) >= 11 is 3.92. The van der Waals surface area contributed by atoms with Gasteiger partial charge in [-0.2, -0.15) is 0 Å². The molecule has 0 saturated carbocycles. The van der Waals surface area contributed by atoms with Crippen LogP contribution in [-0.2, 0) is 16.6 Å². The van der Waals surface area contributed by atoms with Crippen molar-refractivity contribution < 1.29 is 14.7 Å². The van der Waals surface area contributed by atoms with E-state index >= 15 is 0 Å². The highest BCUT2D eigenvalue weighted by atomic mass is 32.2. The molecule has 1 N–H and O–H groups in total. The molecule has 0 spiro atoms. The molecule has 10 nitrogen and oxygen atoms in total. The van der Waals surface area contributed by atoms with Crippen molar-refractivity contribution in [1.82, 2.24) is 30.1 Å². The summed E-state index contributed by atoms with van der Waals surface area (Å²) in [6.45, 7) is 0. The Balaban J connectivity index is 1.52. The number of aromatic nitrogens is 5. The Morgan fingerprint density at radius 1 is 1.46 bits per heavy atom. The summed E-state index contributed by atoms with van der Waals surface area (Å²) in [5.74, 6) is -0.640. The first-order valence-electron chi connectivity index (χ1n) is 7.98. The average molecular weight is 436 g/mol. The van der Waals surface area contributed by atoms with Gasteiger partial charge in [-0.05, 0) is 28.1 Å². The van der Waals surface area contributed by atoms with Crippen molar-refractivity contribution in [3.05, 3.63) is 35.7 Å². The molecule has 1 amide bonds. The second-order valence-corrected chi connectivity index (χ2v) is 8.50. The third-order valence-electron chi connectivity index (χ3n) is 3.93. The van der Waals surface area contributed by atoms with Crippen LogP contribution in [0.2, 0.25) is 0 Å². The van der Waals surface area contributed by atoms with Crippen molar-refractivity contribution >= 4 is 53.1 Å². The summed E-state index contributed by atoms with van der Waals surface area (Å²) in [6.07, 6.45) is 1.65. The Morgan fingerprint density at radius 2 is 2.32 bits per heavy atom. The summed E-state index contributed by atoms with van der Waals surface area (Å²) in [5.41, 5.74) is 1.04. The van der Waals surface area contributed by atoms with Gasteiger partial charge >= 0.3 is 5.97 Å². The van der Waals surface area contributed by atoms with Crippen LogP contribution in [0.25, 0.3) is 0 Å². The Morgan fingerprint density at radius 3 is 3.00 bits per heavy atom. The minimum atomic E-state index is -1.12. The van der Waals surface area contributed by atoms with E-state index in [1.165, 1.54) is 33.1 Å². The topological polar surface area (TPSA) is 126 Å². The van der Waals surface area contributed by atoms with E-state index in [1.807, 2.05) is 6.07 Å². The van der Waals surface area contributed by atoms with Crippen LogP contribution < -0.4 is 0 Å². The highest BCUT2D eigenvalue weighted by Crippen LogP contribution is 2.40. The van der Waals surface area contributed by atoms with Crippen LogP contribution >= 0.6 is 35.5 Å². The number of fused-ring (bicyclic) bond motifs is 1. The Labute approximate surface area is 172 Å². The van der Waals surface area contributed by atoms with E-state index in [4.69, 9.17) is 0 Å². The molecule has 2 aromatic heterocycles. The molecule has 144 valence electrons. The van der Waals surface area contributed by atoms with Crippen molar-refractivity contribution in [2.75, 3.05) is 11.5 Å². The number of nitrogens with zero attached hydrogens (tertiary/aromatic N) is 7. The van der Waals surface area contributed by atoms with Gasteiger partial charge in [0, 0.05) is 36.7 Å². The molecule has 0 unspecified atom stereocenters. The smallest absolute Gasteiger partial charge is 0.352 e. The van der Waals surface area contributed by atoms with Crippen LogP contribution in [0.15, 0.2) is 50.2 Å². The van der Waals surface area contributed by atoms with Crippen molar-refractivity contribution in [2.24, 2.45) is 11.4 Å². The monoisotopic (exact) mass is 435 g/mol. The van der Waals surface area contributed by atoms with Gasteiger partial charge in [0.1, 0.15) is 21.8 Å². The number of carbonyl (C=O) groups excluding carboxylic acids is 1. The van der Waals surface area contributed by atoms with Crippen LogP contribution in [-0.4, -0.2) is 69.7 Å². The highest BCUT2D eigenvalue weighted by Gasteiger charge is 2.51. The fourth-order valence-corrected chi connectivity index (χ4v) is 5.56. The molecule has 28 heavy (non-hydrogen) atoms. The third kappa shape index (κ3) is 3.52. The van der Waals surface area contributed by atoms with Crippen molar-refractivity contribution in [2.45, 2.75) is 15.6 Å². The van der Waals surface area contributed by atoms with Gasteiger partial charge in [-0.25, -0.2) is 18.9 Å². The molecule has 1 atom stereocenters. The number of aliphatic carboxylic acids is 1. The van der Waals surface area contributed by atoms with E-state index < -0.39 is 5.97 Å². The molecule has 13 heteroatoms. The van der Waals surface area contributed by atoms with Gasteiger partial charge in [0.15, 0.2) is 0 Å². The van der Waals surface area contributed by atoms with Crippen LogP contribution in [0, 0.1) is 0 Å². The first-order chi connectivity index (χ1) is 13.6. The Bertz CT molecular complexity index is 992. The van der Waals surface area contributed by atoms with Crippen LogP contribution in [0.5, 0.6) is 0 Å². The standard InChI is InChI=1S/C15H13N7O3S3/c1-21-15(17-19-20-21)27-7-8-6-26-13-10(12(23)22(13)11(8)14(24)25)18-28-9-4-2-3-5-16-9/h2-5,13H,6-7H2,1H3,(H,24,25)/b18-10-/t13-/m1/s1. The number of carbonyl (C=O) groups is 2. The van der Waals surface area contributed by atoms with E-state index in [-0.39, 0.29) is 17.0 Å². The minimum Gasteiger partial charge on any atom is -0.477 e. The number of hydrogen-bond donors (Lipinski definition) is 1. The van der Waals surface area contributed by atoms with Crippen molar-refractivity contribution in [3.8, 4) is 0 Å². The largest absolute Gasteiger partial charge is 0.477 e. The maximum absolute atomic E-state index is 12.6. The number of hydrogen-bond acceptors (Lipinski definition) is 10. The molecule has 2 aliphatic heterocycles. The zero-order valence-electron chi connectivity index (χ0n) is 14.4. The number of rotatable bonds is 6. The summed E-state index contributed by atoms with van der Waals surface area (Å²) in [5, 5.41) is 21.7. The lowest BCUT2D eigenvalue weighted by Gasteiger charge is -2.44. The van der Waals surface area contributed by atoms with Gasteiger partial charge < -0.3 is 5.11 Å². The van der Waals surface area contributed by atoms with Crippen LogP contribution in [0.3, 0.4) is 0 Å². The lowest BCUT2D eigenvalue weighted by molar-refractivity contribution is -0.139. The molecule has 1 saturated heterocycles. The maximum atomic E-state index is 12.6. The van der Waals surface area contributed by atoms with Gasteiger partial charge in [0.25, 0.3) is 5.91 Å². The first-order valence-corrected chi connectivity index (χ1v) is 10.8. The predicted molar refractivity (Wildman–Crippen MR) is 105 cm³/mol. The molecule has 2 aromatic rings. The number of β-lactam (4-membered cyclic amide) rings is 1. The summed E-state index contributed by atoms with van der Waals surface area (Å²) in [7, 11) is 1.71. The van der Waals surface area contributed by atoms with Gasteiger partial charge in [-0.15, -0.1) is 16.9 Å². The summed E-state index contributed by atoms with van der Waals surface area (Å²) in [4.78, 5) is 29.9. The van der Waals surface area contributed by atoms with Gasteiger partial charge in [-0.1, -0.05) is 17.8 Å². The molecule has 4 heterocycles. The normalized spacial score (nSPS) is 20.3. The number of amides is 1. The average Bonchev–Trinajstić information content (AvgIpc) is 3.11. The molecule has 0 aromatic carbocycles. The number of aryl methyl sites for hydroxylation is 1. The number of carboxylic acids is 1. The minimum absolute atomic E-state index is 0.0261. The SMILES string of the molecule is Cn1nnnc1SCC1=C(C(=O)O)N2C(=O)/C(=N/Sc3ccccn3)[C@H]2SC1. The lowest BCUT2D eigenvalue weighted by Crippen LogP contribution is -2.62. The molecule has 2 aliphatic rings. The molecule has 4 rings (SSSR count). The number of carboxylic acid groups (broad SMARTS) is 1. The fourth-order valence-electron chi connectivity index (χ4n) is 2.62.